The molecule has 10 heteroatoms. The largest absolute Gasteiger partial charge is 0.507 e. The van der Waals surface area contributed by atoms with Crippen molar-refractivity contribution in [3.63, 3.8) is 0 Å². The third-order valence-corrected chi connectivity index (χ3v) is 8.68. The van der Waals surface area contributed by atoms with Crippen LogP contribution in [0.5, 0.6) is 5.75 Å². The molecule has 6 atom stereocenters. The number of nitrogens with zero attached hydrogens (tertiary/aromatic N) is 2. The second-order valence-corrected chi connectivity index (χ2v) is 11.7. The van der Waals surface area contributed by atoms with Gasteiger partial charge in [0.05, 0.1) is 17.5 Å². The van der Waals surface area contributed by atoms with E-state index in [1.54, 1.807) is 20.2 Å². The summed E-state index contributed by atoms with van der Waals surface area (Å²) in [6, 6.07) is 9.86. The van der Waals surface area contributed by atoms with Crippen molar-refractivity contribution < 1.29 is 34.2 Å². The fourth-order valence-electron chi connectivity index (χ4n) is 7.08. The molecule has 5 rings (SSSR count). The van der Waals surface area contributed by atoms with Crippen LogP contribution in [-0.2, 0) is 32.1 Å². The van der Waals surface area contributed by atoms with Crippen molar-refractivity contribution in [2.24, 2.45) is 29.4 Å². The van der Waals surface area contributed by atoms with Crippen LogP contribution in [0.4, 0.5) is 0 Å². The van der Waals surface area contributed by atoms with Crippen LogP contribution in [0.1, 0.15) is 27.9 Å². The Morgan fingerprint density at radius 3 is 2.38 bits per heavy atom. The zero-order chi connectivity index (χ0) is 29.3. The van der Waals surface area contributed by atoms with Gasteiger partial charge in [-0.05, 0) is 81.3 Å². The smallest absolute Gasteiger partial charge is 0.235 e. The minimum Gasteiger partial charge on any atom is -0.507 e. The van der Waals surface area contributed by atoms with Crippen molar-refractivity contribution in [2.45, 2.75) is 31.0 Å². The number of ketones is 4. The Balaban J connectivity index is 1.63. The fraction of sp³-hybridized carbons (Fsp3) is 0.433. The van der Waals surface area contributed by atoms with E-state index in [4.69, 9.17) is 5.73 Å². The number of hydrogen-bond acceptors (Lipinski definition) is 9. The van der Waals surface area contributed by atoms with E-state index in [0.29, 0.717) is 12.1 Å². The molecule has 0 heterocycles. The van der Waals surface area contributed by atoms with Gasteiger partial charge in [-0.1, -0.05) is 24.3 Å². The number of rotatable bonds is 5. The molecular weight excluding hydrogens is 514 g/mol. The molecule has 0 saturated heterocycles. The molecule has 0 aromatic heterocycles. The molecule has 0 bridgehead atoms. The zero-order valence-electron chi connectivity index (χ0n) is 22.9. The van der Waals surface area contributed by atoms with E-state index in [9.17, 15) is 34.2 Å². The molecule has 0 spiro atoms. The summed E-state index contributed by atoms with van der Waals surface area (Å²) in [4.78, 5) is 70.1. The zero-order valence-corrected chi connectivity index (χ0v) is 22.9. The summed E-state index contributed by atoms with van der Waals surface area (Å²) in [5.41, 5.74) is 5.84. The molecule has 1 amide bonds. The monoisotopic (exact) mass is 547 g/mol. The van der Waals surface area contributed by atoms with Gasteiger partial charge in [-0.3, -0.25) is 28.9 Å². The van der Waals surface area contributed by atoms with Crippen molar-refractivity contribution in [1.29, 1.82) is 0 Å². The van der Waals surface area contributed by atoms with Gasteiger partial charge in [-0.25, -0.2) is 0 Å². The first-order valence-corrected chi connectivity index (χ1v) is 13.2. The fourth-order valence-corrected chi connectivity index (χ4v) is 7.08. The van der Waals surface area contributed by atoms with Gasteiger partial charge in [0.15, 0.2) is 34.7 Å². The predicted molar refractivity (Wildman–Crippen MR) is 144 cm³/mol. The molecule has 6 unspecified atom stereocenters. The number of fused-ring (bicyclic) bond motifs is 3. The van der Waals surface area contributed by atoms with E-state index in [0.717, 1.165) is 16.7 Å². The number of phenols is 1. The molecule has 10 nitrogen and oxygen atoms in total. The van der Waals surface area contributed by atoms with Gasteiger partial charge >= 0.3 is 0 Å². The van der Waals surface area contributed by atoms with E-state index in [2.05, 4.69) is 0 Å². The van der Waals surface area contributed by atoms with Crippen LogP contribution >= 0.6 is 0 Å². The molecule has 2 aromatic rings. The number of amides is 1. The number of aliphatic hydroxyl groups is 1. The number of likely N-dealkylation sites (N-methyl/N-ethyl adjacent to an activating group) is 1. The standard InChI is InChI=1S/C30H33N3O7/c1-32(2)13-14-6-5-7-15(10-14)17-8-9-20(34)22-18(17)11-16-12-19-24(33(3)4)26(36)23(29(31)39)28(38)30(19,40)27(37)21(16)25(22)35/h5-10,16,19,21,23-24,34,40H,11-13H2,1-4H3,(H2,31,39). The third-order valence-electron chi connectivity index (χ3n) is 8.68. The minimum absolute atomic E-state index is 0.0119. The Labute approximate surface area is 231 Å². The first-order chi connectivity index (χ1) is 18.8. The summed E-state index contributed by atoms with van der Waals surface area (Å²) in [5, 5.41) is 22.5. The summed E-state index contributed by atoms with van der Waals surface area (Å²) >= 11 is 0. The van der Waals surface area contributed by atoms with Gasteiger partial charge in [0, 0.05) is 12.5 Å². The highest BCUT2D eigenvalue weighted by Gasteiger charge is 2.69. The van der Waals surface area contributed by atoms with Crippen LogP contribution in [0.3, 0.4) is 0 Å². The molecule has 2 aromatic carbocycles. The number of primary amides is 1. The third kappa shape index (κ3) is 4.01. The molecule has 0 radical (unpaired) electrons. The lowest BCUT2D eigenvalue weighted by Gasteiger charge is -2.52. The predicted octanol–water partition coefficient (Wildman–Crippen LogP) is 0.596. The average Bonchev–Trinajstić information content (AvgIpc) is 2.85. The number of phenolic OH excluding ortho intramolecular Hbond substituents is 1. The lowest BCUT2D eigenvalue weighted by Crippen LogP contribution is -2.74. The van der Waals surface area contributed by atoms with Gasteiger partial charge in [-0.2, -0.15) is 0 Å². The SMILES string of the molecule is CN(C)Cc1cccc(-c2ccc(O)c3c2CC2CC4C(N(C)C)C(=O)C(C(N)=O)C(=O)C4(O)C(=O)C2C3=O)c1. The molecule has 210 valence electrons. The molecular formula is C30H33N3O7. The number of benzene rings is 2. The van der Waals surface area contributed by atoms with E-state index >= 15 is 0 Å². The van der Waals surface area contributed by atoms with Gasteiger partial charge in [-0.15, -0.1) is 0 Å². The number of Topliss-reactive ketones (excluding diaryl/α,β-unsaturated/α-hetero) is 4. The van der Waals surface area contributed by atoms with Crippen molar-refractivity contribution in [2.75, 3.05) is 28.2 Å². The molecule has 3 aliphatic carbocycles. The lowest BCUT2D eigenvalue weighted by atomic mass is 9.52. The highest BCUT2D eigenvalue weighted by Crippen LogP contribution is 2.51. The highest BCUT2D eigenvalue weighted by molar-refractivity contribution is 6.32. The topological polar surface area (TPSA) is 158 Å². The van der Waals surface area contributed by atoms with E-state index < -0.39 is 64.4 Å². The van der Waals surface area contributed by atoms with Crippen molar-refractivity contribution >= 4 is 29.0 Å². The Hall–Kier alpha value is -3.73. The van der Waals surface area contributed by atoms with Crippen LogP contribution in [0.2, 0.25) is 0 Å². The molecule has 2 saturated carbocycles. The number of carbonyl (C=O) groups excluding carboxylic acids is 5. The van der Waals surface area contributed by atoms with E-state index in [1.807, 2.05) is 43.3 Å². The van der Waals surface area contributed by atoms with Crippen LogP contribution in [0, 0.1) is 23.7 Å². The number of carbonyl (C=O) groups is 5. The highest BCUT2D eigenvalue weighted by atomic mass is 16.3. The van der Waals surface area contributed by atoms with Gasteiger partial charge in [0.2, 0.25) is 5.91 Å². The molecule has 0 aliphatic heterocycles. The Bertz CT molecular complexity index is 1470. The van der Waals surface area contributed by atoms with Crippen molar-refractivity contribution in [3.8, 4) is 16.9 Å². The summed E-state index contributed by atoms with van der Waals surface area (Å²) in [6.45, 7) is 0.701. The number of hydrogen-bond donors (Lipinski definition) is 3. The first-order valence-electron chi connectivity index (χ1n) is 13.2. The maximum Gasteiger partial charge on any atom is 0.235 e. The molecule has 40 heavy (non-hydrogen) atoms. The Morgan fingerprint density at radius 2 is 1.75 bits per heavy atom. The minimum atomic E-state index is -2.73. The quantitative estimate of drug-likeness (QED) is 0.456. The Morgan fingerprint density at radius 1 is 1.05 bits per heavy atom. The summed E-state index contributed by atoms with van der Waals surface area (Å²) < 4.78 is 0. The maximum atomic E-state index is 13.9. The van der Waals surface area contributed by atoms with Crippen molar-refractivity contribution in [3.05, 3.63) is 53.1 Å². The Kier molecular flexibility index (Phi) is 6.76. The van der Waals surface area contributed by atoms with Gasteiger partial charge in [0.1, 0.15) is 5.75 Å². The van der Waals surface area contributed by atoms with Gasteiger partial charge in [0.25, 0.3) is 0 Å². The second-order valence-electron chi connectivity index (χ2n) is 11.7. The summed E-state index contributed by atoms with van der Waals surface area (Å²) in [5.74, 6) is -10.5. The summed E-state index contributed by atoms with van der Waals surface area (Å²) in [6.07, 6.45) is 0.229. The van der Waals surface area contributed by atoms with E-state index in [-0.39, 0.29) is 24.2 Å². The average molecular weight is 548 g/mol. The number of nitrogens with two attached hydrogens (primary N) is 1. The van der Waals surface area contributed by atoms with Gasteiger partial charge < -0.3 is 20.8 Å². The van der Waals surface area contributed by atoms with Crippen LogP contribution < -0.4 is 5.73 Å². The maximum absolute atomic E-state index is 13.9. The van der Waals surface area contributed by atoms with Crippen molar-refractivity contribution in [1.82, 2.24) is 9.80 Å². The molecule has 4 N–H and O–H groups in total. The lowest BCUT2D eigenvalue weighted by molar-refractivity contribution is -0.181. The van der Waals surface area contributed by atoms with E-state index in [1.165, 1.54) is 11.0 Å². The first kappa shape index (κ1) is 27.8. The molecule has 3 aliphatic rings. The summed E-state index contributed by atoms with van der Waals surface area (Å²) in [7, 11) is 7.04. The second kappa shape index (κ2) is 9.72. The normalized spacial score (nSPS) is 29.8. The van der Waals surface area contributed by atoms with Crippen LogP contribution in [-0.4, -0.2) is 88.9 Å². The molecule has 2 fully saturated rings. The van der Waals surface area contributed by atoms with Crippen LogP contribution in [0.25, 0.3) is 11.1 Å². The van der Waals surface area contributed by atoms with Crippen LogP contribution in [0.15, 0.2) is 36.4 Å². The number of aromatic hydroxyl groups is 1.